The summed E-state index contributed by atoms with van der Waals surface area (Å²) in [7, 11) is 0. The van der Waals surface area contributed by atoms with Gasteiger partial charge in [0.25, 0.3) is 0 Å². The first-order valence-corrected chi connectivity index (χ1v) is 13.0. The minimum absolute atomic E-state index is 0.164. The first kappa shape index (κ1) is 21.8. The average Bonchev–Trinajstić information content (AvgIpc) is 3.47. The molecule has 1 aliphatic heterocycles. The molecule has 0 amide bonds. The molecule has 0 bridgehead atoms. The monoisotopic (exact) mass is 460 g/mol. The van der Waals surface area contributed by atoms with Crippen molar-refractivity contribution in [2.75, 3.05) is 6.61 Å². The number of fused-ring (bicyclic) bond motifs is 7. The van der Waals surface area contributed by atoms with E-state index in [0.29, 0.717) is 13.0 Å². The van der Waals surface area contributed by atoms with E-state index in [1.54, 1.807) is 28.3 Å². The molecule has 34 heavy (non-hydrogen) atoms. The molecule has 1 N–H and O–H groups in total. The summed E-state index contributed by atoms with van der Waals surface area (Å²) in [5.41, 5.74) is 11.2. The van der Waals surface area contributed by atoms with Crippen LogP contribution in [0, 0.1) is 5.82 Å². The van der Waals surface area contributed by atoms with Crippen molar-refractivity contribution in [3.05, 3.63) is 69.2 Å². The molecule has 178 valence electrons. The fraction of sp³-hybridized carbons (Fsp3) is 0.483. The SMILES string of the molecule is CCOC(=O)[C@@H](Cc1cc2ccc(F)cc2[nH]1)N1Cc2c3c(c4c(c2C1)CCCC4)CCCC3. The maximum atomic E-state index is 13.7. The molecule has 0 saturated carbocycles. The van der Waals surface area contributed by atoms with Crippen molar-refractivity contribution in [2.24, 2.45) is 0 Å². The lowest BCUT2D eigenvalue weighted by Crippen LogP contribution is -2.41. The number of hydrogen-bond donors (Lipinski definition) is 1. The van der Waals surface area contributed by atoms with Gasteiger partial charge in [0.15, 0.2) is 0 Å². The van der Waals surface area contributed by atoms with Gasteiger partial charge in [0.2, 0.25) is 0 Å². The summed E-state index contributed by atoms with van der Waals surface area (Å²) in [6.45, 7) is 3.89. The lowest BCUT2D eigenvalue weighted by atomic mass is 9.76. The minimum atomic E-state index is -0.358. The van der Waals surface area contributed by atoms with Crippen LogP contribution in [0.3, 0.4) is 0 Å². The Balaban J connectivity index is 1.35. The number of esters is 1. The van der Waals surface area contributed by atoms with Crippen molar-refractivity contribution in [1.82, 2.24) is 9.88 Å². The van der Waals surface area contributed by atoms with E-state index in [1.807, 2.05) is 13.0 Å². The highest BCUT2D eigenvalue weighted by Gasteiger charge is 2.37. The number of ether oxygens (including phenoxy) is 1. The molecule has 1 aromatic heterocycles. The van der Waals surface area contributed by atoms with Crippen LogP contribution in [0.25, 0.3) is 10.9 Å². The molecule has 4 nitrogen and oxygen atoms in total. The molecule has 2 aromatic carbocycles. The smallest absolute Gasteiger partial charge is 0.323 e. The Morgan fingerprint density at radius 3 is 2.12 bits per heavy atom. The maximum absolute atomic E-state index is 13.7. The summed E-state index contributed by atoms with van der Waals surface area (Å²) in [4.78, 5) is 18.9. The third-order valence-electron chi connectivity index (χ3n) is 8.17. The van der Waals surface area contributed by atoms with Crippen LogP contribution in [0.15, 0.2) is 24.3 Å². The summed E-state index contributed by atoms with van der Waals surface area (Å²) in [5, 5.41) is 0.965. The molecule has 0 unspecified atom stereocenters. The Bertz CT molecular complexity index is 1220. The fourth-order valence-corrected chi connectivity index (χ4v) is 6.65. The van der Waals surface area contributed by atoms with E-state index in [-0.39, 0.29) is 17.8 Å². The molecular weight excluding hydrogens is 427 g/mol. The zero-order valence-electron chi connectivity index (χ0n) is 20.0. The van der Waals surface area contributed by atoms with Crippen molar-refractivity contribution in [3.63, 3.8) is 0 Å². The number of H-pyrrole nitrogens is 1. The van der Waals surface area contributed by atoms with Gasteiger partial charge in [-0.1, -0.05) is 0 Å². The van der Waals surface area contributed by atoms with E-state index in [9.17, 15) is 9.18 Å². The predicted octanol–water partition coefficient (Wildman–Crippen LogP) is 5.55. The molecule has 0 fully saturated rings. The van der Waals surface area contributed by atoms with Gasteiger partial charge in [-0.05, 0) is 121 Å². The largest absolute Gasteiger partial charge is 0.465 e. The standard InChI is InChI=1S/C29H33FN2O2/c1-2-34-29(33)28(15-20-13-18-11-12-19(30)14-27(18)31-20)32-16-25-23-9-5-3-7-21(23)22-8-4-6-10-24(22)26(25)17-32/h11-14,28,31H,2-10,15-17H2,1H3/t28-/m1/s1. The Kier molecular flexibility index (Phi) is 5.68. The molecule has 0 radical (unpaired) electrons. The van der Waals surface area contributed by atoms with Crippen LogP contribution >= 0.6 is 0 Å². The van der Waals surface area contributed by atoms with E-state index < -0.39 is 0 Å². The van der Waals surface area contributed by atoms with Crippen LogP contribution < -0.4 is 0 Å². The normalized spacial score (nSPS) is 18.4. The number of carbonyl (C=O) groups is 1. The molecule has 0 spiro atoms. The third-order valence-corrected chi connectivity index (χ3v) is 8.17. The highest BCUT2D eigenvalue weighted by molar-refractivity contribution is 5.81. The van der Waals surface area contributed by atoms with Gasteiger partial charge in [-0.15, -0.1) is 0 Å². The molecule has 6 rings (SSSR count). The highest BCUT2D eigenvalue weighted by atomic mass is 19.1. The van der Waals surface area contributed by atoms with Gasteiger partial charge in [0.1, 0.15) is 11.9 Å². The number of aromatic nitrogens is 1. The molecule has 3 aromatic rings. The summed E-state index contributed by atoms with van der Waals surface area (Å²) < 4.78 is 19.3. The van der Waals surface area contributed by atoms with Crippen molar-refractivity contribution in [2.45, 2.75) is 83.8 Å². The number of nitrogens with one attached hydrogen (secondary N) is 1. The zero-order valence-corrected chi connectivity index (χ0v) is 20.0. The van der Waals surface area contributed by atoms with Crippen LogP contribution in [0.1, 0.15) is 71.7 Å². The van der Waals surface area contributed by atoms with Crippen molar-refractivity contribution < 1.29 is 13.9 Å². The summed E-state index contributed by atoms with van der Waals surface area (Å²) in [6, 6.07) is 6.46. The maximum Gasteiger partial charge on any atom is 0.323 e. The second-order valence-corrected chi connectivity index (χ2v) is 10.2. The van der Waals surface area contributed by atoms with E-state index >= 15 is 0 Å². The van der Waals surface area contributed by atoms with Gasteiger partial charge >= 0.3 is 5.97 Å². The zero-order chi connectivity index (χ0) is 23.2. The van der Waals surface area contributed by atoms with Crippen molar-refractivity contribution in [3.8, 4) is 0 Å². The van der Waals surface area contributed by atoms with Gasteiger partial charge in [-0.2, -0.15) is 0 Å². The van der Waals surface area contributed by atoms with Crippen LogP contribution in [-0.4, -0.2) is 28.5 Å². The van der Waals surface area contributed by atoms with Gasteiger partial charge in [-0.25, -0.2) is 4.39 Å². The van der Waals surface area contributed by atoms with Crippen LogP contribution in [0.2, 0.25) is 0 Å². The Labute approximate surface area is 200 Å². The number of carbonyl (C=O) groups excluding carboxylic acids is 1. The Morgan fingerprint density at radius 1 is 0.941 bits per heavy atom. The molecule has 2 heterocycles. The number of hydrogen-bond acceptors (Lipinski definition) is 3. The molecule has 1 atom stereocenters. The van der Waals surface area contributed by atoms with Gasteiger partial charge < -0.3 is 9.72 Å². The minimum Gasteiger partial charge on any atom is -0.465 e. The number of aromatic amines is 1. The second-order valence-electron chi connectivity index (χ2n) is 10.2. The van der Waals surface area contributed by atoms with Crippen LogP contribution in [0.4, 0.5) is 4.39 Å². The Hall–Kier alpha value is -2.66. The lowest BCUT2D eigenvalue weighted by molar-refractivity contribution is -0.149. The van der Waals surface area contributed by atoms with Crippen molar-refractivity contribution in [1.29, 1.82) is 0 Å². The first-order valence-electron chi connectivity index (χ1n) is 13.0. The van der Waals surface area contributed by atoms with Gasteiger partial charge in [0.05, 0.1) is 6.61 Å². The third kappa shape index (κ3) is 3.74. The quantitative estimate of drug-likeness (QED) is 0.508. The molecule has 5 heteroatoms. The molecule has 3 aliphatic rings. The number of halogens is 1. The predicted molar refractivity (Wildman–Crippen MR) is 131 cm³/mol. The van der Waals surface area contributed by atoms with E-state index in [0.717, 1.165) is 29.7 Å². The fourth-order valence-electron chi connectivity index (χ4n) is 6.65. The second kappa shape index (κ2) is 8.84. The highest BCUT2D eigenvalue weighted by Crippen LogP contribution is 2.42. The number of rotatable bonds is 5. The van der Waals surface area contributed by atoms with Crippen LogP contribution in [-0.2, 0) is 54.7 Å². The van der Waals surface area contributed by atoms with E-state index in [2.05, 4.69) is 9.88 Å². The molecular formula is C29H33FN2O2. The van der Waals surface area contributed by atoms with E-state index in [1.165, 1.54) is 74.6 Å². The van der Waals surface area contributed by atoms with Crippen LogP contribution in [0.5, 0.6) is 0 Å². The topological polar surface area (TPSA) is 45.3 Å². The first-order chi connectivity index (χ1) is 16.6. The molecule has 0 saturated heterocycles. The molecule has 2 aliphatic carbocycles. The van der Waals surface area contributed by atoms with Gasteiger partial charge in [-0.3, -0.25) is 9.69 Å². The Morgan fingerprint density at radius 2 is 1.53 bits per heavy atom. The number of nitrogens with zero attached hydrogens (tertiary/aromatic N) is 1. The van der Waals surface area contributed by atoms with E-state index in [4.69, 9.17) is 4.74 Å². The lowest BCUT2D eigenvalue weighted by Gasteiger charge is -2.29. The number of benzene rings is 2. The summed E-state index contributed by atoms with van der Waals surface area (Å²) in [6.07, 6.45) is 10.5. The summed E-state index contributed by atoms with van der Waals surface area (Å²) >= 11 is 0. The van der Waals surface area contributed by atoms with Gasteiger partial charge in [0, 0.05) is 30.7 Å². The van der Waals surface area contributed by atoms with Crippen molar-refractivity contribution >= 4 is 16.9 Å². The summed E-state index contributed by atoms with van der Waals surface area (Å²) in [5.74, 6) is -0.421. The average molecular weight is 461 g/mol.